The third-order valence-electron chi connectivity index (χ3n) is 4.20. The first kappa shape index (κ1) is 17.8. The lowest BCUT2D eigenvalue weighted by Crippen LogP contribution is -2.30. The largest absolute Gasteiger partial charge is 0.496 e. The number of rotatable bonds is 5. The van der Waals surface area contributed by atoms with Gasteiger partial charge in [-0.2, -0.15) is 0 Å². The normalized spacial score (nSPS) is 17.3. The number of carbonyl (C=O) groups excluding carboxylic acids is 1. The van der Waals surface area contributed by atoms with Crippen LogP contribution in [0.4, 0.5) is 0 Å². The molecule has 3 rings (SSSR count). The van der Waals surface area contributed by atoms with Gasteiger partial charge < -0.3 is 9.64 Å². The molecule has 0 bridgehead atoms. The number of halogens is 1. The zero-order valence-corrected chi connectivity index (χ0v) is 17.0. The van der Waals surface area contributed by atoms with Crippen molar-refractivity contribution < 1.29 is 9.53 Å². The minimum atomic E-state index is 0.0365. The first-order valence-corrected chi connectivity index (χ1v) is 10.6. The van der Waals surface area contributed by atoms with Crippen molar-refractivity contribution >= 4 is 44.9 Å². The van der Waals surface area contributed by atoms with E-state index >= 15 is 0 Å². The molecule has 2 heterocycles. The molecule has 1 amide bonds. The van der Waals surface area contributed by atoms with E-state index in [0.29, 0.717) is 6.42 Å². The second-order valence-corrected chi connectivity index (χ2v) is 8.83. The van der Waals surface area contributed by atoms with Crippen molar-refractivity contribution in [2.24, 2.45) is 0 Å². The topological polar surface area (TPSA) is 29.5 Å². The monoisotopic (exact) mass is 425 g/mol. The summed E-state index contributed by atoms with van der Waals surface area (Å²) in [6.45, 7) is 2.91. The van der Waals surface area contributed by atoms with E-state index < -0.39 is 0 Å². The number of thiophene rings is 1. The van der Waals surface area contributed by atoms with Gasteiger partial charge in [0.25, 0.3) is 0 Å². The summed E-state index contributed by atoms with van der Waals surface area (Å²) in [6, 6.07) is 8.10. The molecular weight excluding hydrogens is 406 g/mol. The van der Waals surface area contributed by atoms with Gasteiger partial charge in [0.2, 0.25) is 5.91 Å². The molecule has 0 spiro atoms. The fourth-order valence-corrected chi connectivity index (χ4v) is 5.49. The second-order valence-electron chi connectivity index (χ2n) is 5.72. The SMILES string of the molecule is COc1ccc(Br)cc1C1SCCN1C(=O)CCc1sccc1C. The first-order valence-electron chi connectivity index (χ1n) is 7.87. The van der Waals surface area contributed by atoms with E-state index in [-0.39, 0.29) is 11.3 Å². The molecule has 0 saturated carbocycles. The molecular formula is C18H20BrNO2S2. The van der Waals surface area contributed by atoms with Crippen molar-refractivity contribution in [2.45, 2.75) is 25.1 Å². The Bertz CT molecular complexity index is 732. The smallest absolute Gasteiger partial charge is 0.224 e. The number of ether oxygens (including phenoxy) is 1. The highest BCUT2D eigenvalue weighted by Gasteiger charge is 2.32. The van der Waals surface area contributed by atoms with E-state index in [2.05, 4.69) is 40.4 Å². The van der Waals surface area contributed by atoms with Gasteiger partial charge in [-0.15, -0.1) is 23.1 Å². The van der Waals surface area contributed by atoms with Crippen LogP contribution >= 0.6 is 39.0 Å². The fourth-order valence-electron chi connectivity index (χ4n) is 2.91. The highest BCUT2D eigenvalue weighted by atomic mass is 79.9. The van der Waals surface area contributed by atoms with E-state index in [1.165, 1.54) is 10.4 Å². The number of hydrogen-bond donors (Lipinski definition) is 0. The van der Waals surface area contributed by atoms with E-state index in [0.717, 1.165) is 34.5 Å². The van der Waals surface area contributed by atoms with Crippen molar-refractivity contribution in [3.63, 3.8) is 0 Å². The zero-order chi connectivity index (χ0) is 17.1. The second kappa shape index (κ2) is 7.93. The number of aryl methyl sites for hydroxylation is 2. The van der Waals surface area contributed by atoms with Gasteiger partial charge >= 0.3 is 0 Å². The fraction of sp³-hybridized carbons (Fsp3) is 0.389. The molecule has 1 saturated heterocycles. The predicted octanol–water partition coefficient (Wildman–Crippen LogP) is 5.03. The Balaban J connectivity index is 1.74. The number of methoxy groups -OCH3 is 1. The molecule has 1 unspecified atom stereocenters. The van der Waals surface area contributed by atoms with Crippen LogP contribution in [0.2, 0.25) is 0 Å². The Kier molecular flexibility index (Phi) is 5.89. The molecule has 0 aliphatic carbocycles. The van der Waals surface area contributed by atoms with Crippen molar-refractivity contribution in [2.75, 3.05) is 19.4 Å². The van der Waals surface area contributed by atoms with Gasteiger partial charge in [0.05, 0.1) is 7.11 Å². The summed E-state index contributed by atoms with van der Waals surface area (Å²) < 4.78 is 6.51. The summed E-state index contributed by atoms with van der Waals surface area (Å²) in [5, 5.41) is 2.13. The maximum absolute atomic E-state index is 12.8. The van der Waals surface area contributed by atoms with Crippen LogP contribution in [0.15, 0.2) is 34.1 Å². The van der Waals surface area contributed by atoms with Crippen LogP contribution in [0.3, 0.4) is 0 Å². The summed E-state index contributed by atoms with van der Waals surface area (Å²) in [5.74, 6) is 2.02. The molecule has 1 aliphatic heterocycles. The third-order valence-corrected chi connectivity index (χ3v) is 7.02. The van der Waals surface area contributed by atoms with Gasteiger partial charge in [0, 0.05) is 33.6 Å². The molecule has 3 nitrogen and oxygen atoms in total. The molecule has 24 heavy (non-hydrogen) atoms. The van der Waals surface area contributed by atoms with Gasteiger partial charge in [-0.25, -0.2) is 0 Å². The Hall–Kier alpha value is -0.980. The van der Waals surface area contributed by atoms with Crippen LogP contribution in [-0.4, -0.2) is 30.2 Å². The zero-order valence-electron chi connectivity index (χ0n) is 13.8. The molecule has 1 atom stereocenters. The number of benzene rings is 1. The summed E-state index contributed by atoms with van der Waals surface area (Å²) in [5.41, 5.74) is 2.35. The summed E-state index contributed by atoms with van der Waals surface area (Å²) in [6.07, 6.45) is 1.39. The van der Waals surface area contributed by atoms with Crippen LogP contribution in [0.1, 0.15) is 27.8 Å². The lowest BCUT2D eigenvalue weighted by molar-refractivity contribution is -0.131. The number of carbonyl (C=O) groups is 1. The van der Waals surface area contributed by atoms with Crippen molar-refractivity contribution in [1.82, 2.24) is 4.90 Å². The third kappa shape index (κ3) is 3.81. The van der Waals surface area contributed by atoms with E-state index in [1.807, 2.05) is 17.0 Å². The minimum Gasteiger partial charge on any atom is -0.496 e. The molecule has 1 fully saturated rings. The Morgan fingerprint density at radius 3 is 2.96 bits per heavy atom. The van der Waals surface area contributed by atoms with Crippen LogP contribution < -0.4 is 4.74 Å². The number of thioether (sulfide) groups is 1. The summed E-state index contributed by atoms with van der Waals surface area (Å²) in [4.78, 5) is 16.1. The average Bonchev–Trinajstić information content (AvgIpc) is 3.21. The molecule has 0 radical (unpaired) electrons. The molecule has 128 valence electrons. The highest BCUT2D eigenvalue weighted by molar-refractivity contribution is 9.10. The van der Waals surface area contributed by atoms with Gasteiger partial charge in [0.15, 0.2) is 0 Å². The van der Waals surface area contributed by atoms with Crippen molar-refractivity contribution in [1.29, 1.82) is 0 Å². The Labute approximate surface area is 159 Å². The number of nitrogens with zero attached hydrogens (tertiary/aromatic N) is 1. The number of amides is 1. The van der Waals surface area contributed by atoms with Crippen LogP contribution in [-0.2, 0) is 11.2 Å². The molecule has 0 N–H and O–H groups in total. The number of hydrogen-bond acceptors (Lipinski definition) is 4. The first-order chi connectivity index (χ1) is 11.6. The minimum absolute atomic E-state index is 0.0365. The van der Waals surface area contributed by atoms with Crippen LogP contribution in [0.5, 0.6) is 5.75 Å². The van der Waals surface area contributed by atoms with E-state index in [1.54, 1.807) is 30.2 Å². The van der Waals surface area contributed by atoms with Gasteiger partial charge in [-0.3, -0.25) is 4.79 Å². The van der Waals surface area contributed by atoms with Crippen molar-refractivity contribution in [3.05, 3.63) is 50.1 Å². The van der Waals surface area contributed by atoms with Crippen LogP contribution in [0.25, 0.3) is 0 Å². The molecule has 1 aromatic carbocycles. The highest BCUT2D eigenvalue weighted by Crippen LogP contribution is 2.43. The Morgan fingerprint density at radius 2 is 2.25 bits per heavy atom. The van der Waals surface area contributed by atoms with Gasteiger partial charge in [0.1, 0.15) is 11.1 Å². The molecule has 1 aromatic heterocycles. The standard InChI is InChI=1S/C18H20BrNO2S2/c1-12-7-9-23-16(12)5-6-17(21)20-8-10-24-18(20)14-11-13(19)3-4-15(14)22-2/h3-4,7,9,11,18H,5-6,8,10H2,1-2H3. The van der Waals surface area contributed by atoms with Crippen LogP contribution in [0, 0.1) is 6.92 Å². The average molecular weight is 426 g/mol. The lowest BCUT2D eigenvalue weighted by atomic mass is 10.1. The quantitative estimate of drug-likeness (QED) is 0.672. The Morgan fingerprint density at radius 1 is 1.42 bits per heavy atom. The molecule has 1 aliphatic rings. The maximum Gasteiger partial charge on any atom is 0.224 e. The van der Waals surface area contributed by atoms with E-state index in [9.17, 15) is 4.79 Å². The lowest BCUT2D eigenvalue weighted by Gasteiger charge is -2.25. The van der Waals surface area contributed by atoms with Crippen molar-refractivity contribution in [3.8, 4) is 5.75 Å². The molecule has 2 aromatic rings. The summed E-state index contributed by atoms with van der Waals surface area (Å²) >= 11 is 7.07. The van der Waals surface area contributed by atoms with Gasteiger partial charge in [-0.05, 0) is 48.6 Å². The predicted molar refractivity (Wildman–Crippen MR) is 105 cm³/mol. The maximum atomic E-state index is 12.8. The van der Waals surface area contributed by atoms with Gasteiger partial charge in [-0.1, -0.05) is 15.9 Å². The molecule has 6 heteroatoms. The van der Waals surface area contributed by atoms with E-state index in [4.69, 9.17) is 4.74 Å². The summed E-state index contributed by atoms with van der Waals surface area (Å²) in [7, 11) is 1.68.